The van der Waals surface area contributed by atoms with Crippen molar-refractivity contribution in [3.8, 4) is 5.75 Å². The van der Waals surface area contributed by atoms with Gasteiger partial charge in [0.25, 0.3) is 11.8 Å². The van der Waals surface area contributed by atoms with Crippen LogP contribution in [0.25, 0.3) is 0 Å². The van der Waals surface area contributed by atoms with Crippen LogP contribution in [0.15, 0.2) is 59.3 Å². The fourth-order valence-corrected chi connectivity index (χ4v) is 3.02. The number of hydrogen-bond donors (Lipinski definition) is 1. The molecule has 3 rings (SSSR count). The van der Waals surface area contributed by atoms with Crippen molar-refractivity contribution < 1.29 is 23.9 Å². The van der Waals surface area contributed by atoms with Crippen LogP contribution >= 0.6 is 11.6 Å². The third-order valence-electron chi connectivity index (χ3n) is 4.48. The largest absolute Gasteiger partial charge is 0.497 e. The third-order valence-corrected chi connectivity index (χ3v) is 4.83. The predicted molar refractivity (Wildman–Crippen MR) is 114 cm³/mol. The Kier molecular flexibility index (Phi) is 6.74. The van der Waals surface area contributed by atoms with Gasteiger partial charge in [0.2, 0.25) is 0 Å². The first-order valence-electron chi connectivity index (χ1n) is 9.43. The molecule has 1 aliphatic rings. The van der Waals surface area contributed by atoms with E-state index >= 15 is 0 Å². The van der Waals surface area contributed by atoms with Gasteiger partial charge in [-0.25, -0.2) is 9.69 Å². The van der Waals surface area contributed by atoms with Crippen molar-refractivity contribution in [2.75, 3.05) is 23.9 Å². The highest BCUT2D eigenvalue weighted by molar-refractivity contribution is 6.53. The van der Waals surface area contributed by atoms with E-state index in [4.69, 9.17) is 21.1 Å². The van der Waals surface area contributed by atoms with Gasteiger partial charge in [0.1, 0.15) is 16.5 Å². The Hall–Kier alpha value is -3.32. The van der Waals surface area contributed by atoms with Crippen LogP contribution in [0.1, 0.15) is 30.1 Å². The van der Waals surface area contributed by atoms with E-state index in [0.717, 1.165) is 17.7 Å². The van der Waals surface area contributed by atoms with Crippen molar-refractivity contribution in [2.45, 2.75) is 19.8 Å². The quantitative estimate of drug-likeness (QED) is 0.387. The average Bonchev–Trinajstić information content (AvgIpc) is 2.97. The molecular weight excluding hydrogens is 408 g/mol. The topological polar surface area (TPSA) is 84.9 Å². The van der Waals surface area contributed by atoms with Crippen molar-refractivity contribution in [1.29, 1.82) is 0 Å². The smallest absolute Gasteiger partial charge is 0.338 e. The molecule has 7 nitrogen and oxygen atoms in total. The lowest BCUT2D eigenvalue weighted by molar-refractivity contribution is -0.120. The Balaban J connectivity index is 1.74. The van der Waals surface area contributed by atoms with E-state index in [1.165, 1.54) is 24.3 Å². The summed E-state index contributed by atoms with van der Waals surface area (Å²) in [5, 5.41) is 2.68. The van der Waals surface area contributed by atoms with Gasteiger partial charge in [-0.15, -0.1) is 0 Å². The summed E-state index contributed by atoms with van der Waals surface area (Å²) in [6, 6.07) is 12.9. The van der Waals surface area contributed by atoms with Gasteiger partial charge in [0.15, 0.2) is 0 Å². The lowest BCUT2D eigenvalue weighted by Crippen LogP contribution is -2.32. The van der Waals surface area contributed by atoms with Crippen LogP contribution < -0.4 is 15.0 Å². The molecule has 0 unspecified atom stereocenters. The molecule has 8 heteroatoms. The molecule has 0 atom stereocenters. The van der Waals surface area contributed by atoms with E-state index in [0.29, 0.717) is 29.3 Å². The zero-order chi connectivity index (χ0) is 21.7. The number of amides is 2. The summed E-state index contributed by atoms with van der Waals surface area (Å²) in [5.74, 6) is -1.02. The maximum atomic E-state index is 12.8. The molecule has 2 amide bonds. The lowest BCUT2D eigenvalue weighted by atomic mass is 10.2. The number of methoxy groups -OCH3 is 1. The molecule has 2 aromatic rings. The van der Waals surface area contributed by atoms with Gasteiger partial charge in [0, 0.05) is 5.69 Å². The van der Waals surface area contributed by atoms with Crippen LogP contribution in [0, 0.1) is 0 Å². The minimum atomic E-state index is -0.643. The summed E-state index contributed by atoms with van der Waals surface area (Å²) in [6.07, 6.45) is 1.71. The van der Waals surface area contributed by atoms with Gasteiger partial charge in [-0.3, -0.25) is 9.59 Å². The van der Waals surface area contributed by atoms with Crippen molar-refractivity contribution in [1.82, 2.24) is 0 Å². The lowest BCUT2D eigenvalue weighted by Gasteiger charge is -2.15. The summed E-state index contributed by atoms with van der Waals surface area (Å²) >= 11 is 6.14. The minimum Gasteiger partial charge on any atom is -0.497 e. The van der Waals surface area contributed by atoms with E-state index in [9.17, 15) is 14.4 Å². The number of ether oxygens (including phenoxy) is 2. The number of imide groups is 1. The molecule has 156 valence electrons. The summed E-state index contributed by atoms with van der Waals surface area (Å²) in [7, 11) is 1.55. The average molecular weight is 429 g/mol. The SMILES string of the molecule is CCCCOC(=O)c1ccc(N2C(=O)C(Cl)=C(Nc3ccc(OC)cc3)C2=O)cc1. The fourth-order valence-electron chi connectivity index (χ4n) is 2.80. The molecule has 0 saturated carbocycles. The molecule has 1 N–H and O–H groups in total. The molecule has 0 aromatic heterocycles. The van der Waals surface area contributed by atoms with Crippen LogP contribution in [-0.4, -0.2) is 31.5 Å². The highest BCUT2D eigenvalue weighted by atomic mass is 35.5. The van der Waals surface area contributed by atoms with Crippen LogP contribution in [0.3, 0.4) is 0 Å². The second-order valence-corrected chi connectivity index (χ2v) is 6.90. The van der Waals surface area contributed by atoms with Gasteiger partial charge < -0.3 is 14.8 Å². The number of nitrogens with one attached hydrogen (secondary N) is 1. The zero-order valence-electron chi connectivity index (χ0n) is 16.6. The normalized spacial score (nSPS) is 13.6. The van der Waals surface area contributed by atoms with Crippen LogP contribution in [-0.2, 0) is 14.3 Å². The summed E-state index contributed by atoms with van der Waals surface area (Å²) in [5.41, 5.74) is 1.20. The molecule has 0 saturated heterocycles. The standard InChI is InChI=1S/C22H21ClN2O5/c1-3-4-13-30-22(28)14-5-9-16(10-6-14)25-20(26)18(23)19(21(25)27)24-15-7-11-17(29-2)12-8-15/h5-12,24H,3-4,13H2,1-2H3. The zero-order valence-corrected chi connectivity index (χ0v) is 17.4. The highest BCUT2D eigenvalue weighted by Crippen LogP contribution is 2.30. The number of benzene rings is 2. The third kappa shape index (κ3) is 4.46. The van der Waals surface area contributed by atoms with E-state index in [1.807, 2.05) is 6.92 Å². The Morgan fingerprint density at radius 2 is 1.70 bits per heavy atom. The number of hydrogen-bond acceptors (Lipinski definition) is 6. The monoisotopic (exact) mass is 428 g/mol. The maximum Gasteiger partial charge on any atom is 0.338 e. The van der Waals surface area contributed by atoms with E-state index in [1.54, 1.807) is 31.4 Å². The molecule has 0 spiro atoms. The first kappa shape index (κ1) is 21.4. The number of nitrogens with zero attached hydrogens (tertiary/aromatic N) is 1. The number of esters is 1. The molecular formula is C22H21ClN2O5. The number of halogens is 1. The Labute approximate surface area is 179 Å². The maximum absolute atomic E-state index is 12.8. The van der Waals surface area contributed by atoms with Crippen molar-refractivity contribution >= 4 is 40.8 Å². The van der Waals surface area contributed by atoms with Gasteiger partial charge >= 0.3 is 5.97 Å². The van der Waals surface area contributed by atoms with Gasteiger partial charge in [0.05, 0.1) is 25.0 Å². The minimum absolute atomic E-state index is 0.0186. The van der Waals surface area contributed by atoms with E-state index in [2.05, 4.69) is 5.32 Å². The second kappa shape index (κ2) is 9.45. The predicted octanol–water partition coefficient (Wildman–Crippen LogP) is 4.09. The Morgan fingerprint density at radius 1 is 1.03 bits per heavy atom. The van der Waals surface area contributed by atoms with Crippen LogP contribution in [0.4, 0.5) is 11.4 Å². The van der Waals surface area contributed by atoms with Gasteiger partial charge in [-0.1, -0.05) is 24.9 Å². The van der Waals surface area contributed by atoms with Gasteiger partial charge in [-0.2, -0.15) is 0 Å². The molecule has 1 aliphatic heterocycles. The molecule has 1 heterocycles. The Bertz CT molecular complexity index is 984. The van der Waals surface area contributed by atoms with Crippen molar-refractivity contribution in [3.05, 3.63) is 64.8 Å². The van der Waals surface area contributed by atoms with Crippen molar-refractivity contribution in [3.63, 3.8) is 0 Å². The first-order valence-corrected chi connectivity index (χ1v) is 9.81. The number of carbonyl (C=O) groups excluding carboxylic acids is 3. The molecule has 30 heavy (non-hydrogen) atoms. The summed E-state index contributed by atoms with van der Waals surface area (Å²) < 4.78 is 10.3. The molecule has 0 radical (unpaired) electrons. The summed E-state index contributed by atoms with van der Waals surface area (Å²) in [6.45, 7) is 2.35. The molecule has 0 bridgehead atoms. The molecule has 2 aromatic carbocycles. The van der Waals surface area contributed by atoms with Crippen LogP contribution in [0.5, 0.6) is 5.75 Å². The number of unbranched alkanes of at least 4 members (excludes halogenated alkanes) is 1. The summed E-state index contributed by atoms with van der Waals surface area (Å²) in [4.78, 5) is 38.4. The molecule has 0 aliphatic carbocycles. The number of anilines is 2. The highest BCUT2D eigenvalue weighted by Gasteiger charge is 2.39. The fraction of sp³-hybridized carbons (Fsp3) is 0.227. The number of rotatable bonds is 8. The Morgan fingerprint density at radius 3 is 2.30 bits per heavy atom. The second-order valence-electron chi connectivity index (χ2n) is 6.52. The van der Waals surface area contributed by atoms with E-state index < -0.39 is 17.8 Å². The number of carbonyl (C=O) groups is 3. The van der Waals surface area contributed by atoms with Crippen LogP contribution in [0.2, 0.25) is 0 Å². The first-order chi connectivity index (χ1) is 14.5. The van der Waals surface area contributed by atoms with E-state index in [-0.39, 0.29) is 10.7 Å². The van der Waals surface area contributed by atoms with Crippen molar-refractivity contribution in [2.24, 2.45) is 0 Å². The molecule has 0 fully saturated rings. The van der Waals surface area contributed by atoms with Gasteiger partial charge in [-0.05, 0) is 55.0 Å².